The minimum atomic E-state index is -0.488. The van der Waals surface area contributed by atoms with Crippen LogP contribution < -0.4 is 10.7 Å². The van der Waals surface area contributed by atoms with E-state index < -0.39 is 5.25 Å². The van der Waals surface area contributed by atoms with Crippen LogP contribution in [0.2, 0.25) is 0 Å². The number of hydrazone groups is 1. The Morgan fingerprint density at radius 2 is 1.89 bits per heavy atom. The predicted octanol–water partition coefficient (Wildman–Crippen LogP) is 5.13. The largest absolute Gasteiger partial charge is 0.507 e. The number of aromatic nitrogens is 3. The molecule has 0 aliphatic heterocycles. The lowest BCUT2D eigenvalue weighted by Crippen LogP contribution is -2.27. The highest BCUT2D eigenvalue weighted by Gasteiger charge is 2.21. The third-order valence-electron chi connectivity index (χ3n) is 5.31. The summed E-state index contributed by atoms with van der Waals surface area (Å²) in [6.07, 6.45) is 1.41. The number of carbonyl (C=O) groups is 1. The van der Waals surface area contributed by atoms with Gasteiger partial charge in [0, 0.05) is 20.5 Å². The van der Waals surface area contributed by atoms with Crippen molar-refractivity contribution in [3.8, 4) is 11.4 Å². The minimum Gasteiger partial charge on any atom is -0.507 e. The first-order valence-electron chi connectivity index (χ1n) is 11.2. The fourth-order valence-electron chi connectivity index (χ4n) is 3.39. The number of para-hydroxylation sites is 2. The molecule has 0 aliphatic carbocycles. The van der Waals surface area contributed by atoms with Crippen LogP contribution in [0.15, 0.2) is 83.1 Å². The molecule has 4 rings (SSSR count). The highest BCUT2D eigenvalue weighted by atomic mass is 127. The molecule has 1 aromatic heterocycles. The Balaban J connectivity index is 1.49. The molecular formula is C26H25IN6O2S. The van der Waals surface area contributed by atoms with Crippen molar-refractivity contribution in [1.29, 1.82) is 0 Å². The molecule has 0 radical (unpaired) electrons. The molecule has 8 nitrogen and oxygen atoms in total. The summed E-state index contributed by atoms with van der Waals surface area (Å²) >= 11 is 3.59. The Labute approximate surface area is 227 Å². The van der Waals surface area contributed by atoms with Gasteiger partial charge in [0.05, 0.1) is 18.0 Å². The number of rotatable bonds is 9. The lowest BCUT2D eigenvalue weighted by molar-refractivity contribution is -0.120. The number of anilines is 1. The monoisotopic (exact) mass is 612 g/mol. The number of benzene rings is 3. The fraction of sp³-hybridized carbons (Fsp3) is 0.154. The predicted molar refractivity (Wildman–Crippen MR) is 152 cm³/mol. The summed E-state index contributed by atoms with van der Waals surface area (Å²) in [5, 5.41) is 26.2. The third-order valence-corrected chi connectivity index (χ3v) is 7.02. The van der Waals surface area contributed by atoms with E-state index in [1.165, 1.54) is 21.5 Å². The molecule has 184 valence electrons. The van der Waals surface area contributed by atoms with Crippen molar-refractivity contribution < 1.29 is 9.90 Å². The van der Waals surface area contributed by atoms with E-state index in [0.717, 1.165) is 22.8 Å². The van der Waals surface area contributed by atoms with Crippen molar-refractivity contribution in [3.63, 3.8) is 0 Å². The number of nitrogens with zero attached hydrogens (tertiary/aromatic N) is 4. The molecule has 10 heteroatoms. The molecule has 0 unspecified atom stereocenters. The summed E-state index contributed by atoms with van der Waals surface area (Å²) < 4.78 is 3.13. The van der Waals surface area contributed by atoms with Crippen molar-refractivity contribution in [2.24, 2.45) is 5.10 Å². The number of amides is 1. The van der Waals surface area contributed by atoms with Gasteiger partial charge in [0.25, 0.3) is 5.91 Å². The molecule has 1 amide bonds. The maximum atomic E-state index is 12.7. The summed E-state index contributed by atoms with van der Waals surface area (Å²) in [6, 6.07) is 22.8. The molecule has 0 fully saturated rings. The number of phenols is 1. The number of aromatic hydroxyl groups is 1. The van der Waals surface area contributed by atoms with Crippen LogP contribution in [0.1, 0.15) is 23.9 Å². The Hall–Kier alpha value is -3.38. The molecule has 3 N–H and O–H groups in total. The van der Waals surface area contributed by atoms with E-state index in [9.17, 15) is 9.90 Å². The van der Waals surface area contributed by atoms with Crippen molar-refractivity contribution in [2.75, 3.05) is 5.32 Å². The standard InChI is InChI=1S/C26H25IN6O2S/c1-17-14-20(27)12-13-22(17)28-16-24-30-32-26(33(24)21-9-4-3-5-10-21)36-18(2)25(35)31-29-15-19-8-6-7-11-23(19)34/h3-15,18,28,34H,16H2,1-2H3,(H,31,35)/b29-15-/t18-/m1/s1. The zero-order chi connectivity index (χ0) is 25.5. The van der Waals surface area contributed by atoms with Crippen molar-refractivity contribution in [2.45, 2.75) is 30.8 Å². The number of hydrogen-bond acceptors (Lipinski definition) is 7. The Morgan fingerprint density at radius 1 is 1.14 bits per heavy atom. The lowest BCUT2D eigenvalue weighted by atomic mass is 10.2. The van der Waals surface area contributed by atoms with E-state index in [1.807, 2.05) is 34.9 Å². The van der Waals surface area contributed by atoms with Gasteiger partial charge in [-0.1, -0.05) is 42.1 Å². The summed E-state index contributed by atoms with van der Waals surface area (Å²) in [5.74, 6) is 0.533. The van der Waals surface area contributed by atoms with E-state index in [2.05, 4.69) is 73.8 Å². The van der Waals surface area contributed by atoms with Crippen LogP contribution in [0.4, 0.5) is 5.69 Å². The normalized spacial score (nSPS) is 12.0. The first kappa shape index (κ1) is 25.7. The van der Waals surface area contributed by atoms with Crippen LogP contribution in [-0.2, 0) is 11.3 Å². The lowest BCUT2D eigenvalue weighted by Gasteiger charge is -2.14. The zero-order valence-corrected chi connectivity index (χ0v) is 22.7. The van der Waals surface area contributed by atoms with Crippen molar-refractivity contribution in [3.05, 3.63) is 93.3 Å². The molecule has 36 heavy (non-hydrogen) atoms. The van der Waals surface area contributed by atoms with Gasteiger partial charge in [-0.3, -0.25) is 9.36 Å². The van der Waals surface area contributed by atoms with E-state index in [4.69, 9.17) is 0 Å². The third kappa shape index (κ3) is 6.43. The molecule has 3 aromatic carbocycles. The van der Waals surface area contributed by atoms with Crippen LogP contribution >= 0.6 is 34.4 Å². The first-order valence-corrected chi connectivity index (χ1v) is 13.2. The second-order valence-electron chi connectivity index (χ2n) is 7.94. The Morgan fingerprint density at radius 3 is 2.64 bits per heavy atom. The van der Waals surface area contributed by atoms with Gasteiger partial charge < -0.3 is 10.4 Å². The van der Waals surface area contributed by atoms with Crippen LogP contribution in [-0.4, -0.2) is 37.2 Å². The van der Waals surface area contributed by atoms with Gasteiger partial charge in [0.2, 0.25) is 0 Å². The average Bonchev–Trinajstić information content (AvgIpc) is 3.27. The van der Waals surface area contributed by atoms with Gasteiger partial charge in [-0.15, -0.1) is 10.2 Å². The molecule has 0 saturated heterocycles. The summed E-state index contributed by atoms with van der Waals surface area (Å²) in [5.41, 5.74) is 6.13. The molecule has 0 spiro atoms. The zero-order valence-electron chi connectivity index (χ0n) is 19.7. The number of nitrogens with one attached hydrogen (secondary N) is 2. The average molecular weight is 612 g/mol. The fourth-order valence-corrected chi connectivity index (χ4v) is 4.92. The van der Waals surface area contributed by atoms with Crippen LogP contribution in [0, 0.1) is 10.5 Å². The number of aryl methyl sites for hydroxylation is 1. The molecule has 0 saturated carbocycles. The SMILES string of the molecule is Cc1cc(I)ccc1NCc1nnc(S[C@H](C)C(=O)N/N=C\c2ccccc2O)n1-c1ccccc1. The van der Waals surface area contributed by atoms with Crippen LogP contribution in [0.25, 0.3) is 5.69 Å². The van der Waals surface area contributed by atoms with Gasteiger partial charge in [-0.05, 0) is 84.5 Å². The Bertz CT molecular complexity index is 1380. The van der Waals surface area contributed by atoms with E-state index in [-0.39, 0.29) is 11.7 Å². The number of halogens is 1. The van der Waals surface area contributed by atoms with Gasteiger partial charge >= 0.3 is 0 Å². The van der Waals surface area contributed by atoms with Crippen molar-refractivity contribution >= 4 is 52.2 Å². The first-order chi connectivity index (χ1) is 17.4. The van der Waals surface area contributed by atoms with E-state index in [0.29, 0.717) is 17.3 Å². The molecular weight excluding hydrogens is 587 g/mol. The highest BCUT2D eigenvalue weighted by Crippen LogP contribution is 2.27. The quantitative estimate of drug-likeness (QED) is 0.105. The van der Waals surface area contributed by atoms with E-state index in [1.54, 1.807) is 31.2 Å². The van der Waals surface area contributed by atoms with Gasteiger partial charge in [0.15, 0.2) is 11.0 Å². The van der Waals surface area contributed by atoms with E-state index >= 15 is 0 Å². The molecule has 1 heterocycles. The number of thioether (sulfide) groups is 1. The topological polar surface area (TPSA) is 104 Å². The maximum absolute atomic E-state index is 12.7. The summed E-state index contributed by atoms with van der Waals surface area (Å²) in [7, 11) is 0. The molecule has 0 aliphatic rings. The molecule has 4 aromatic rings. The molecule has 0 bridgehead atoms. The number of hydrogen-bond donors (Lipinski definition) is 3. The van der Waals surface area contributed by atoms with Crippen LogP contribution in [0.5, 0.6) is 5.75 Å². The van der Waals surface area contributed by atoms with Gasteiger partial charge in [0.1, 0.15) is 5.75 Å². The molecule has 1 atom stereocenters. The minimum absolute atomic E-state index is 0.0930. The second-order valence-corrected chi connectivity index (χ2v) is 10.5. The highest BCUT2D eigenvalue weighted by molar-refractivity contribution is 14.1. The second kappa shape index (κ2) is 12.0. The van der Waals surface area contributed by atoms with Gasteiger partial charge in [-0.25, -0.2) is 5.43 Å². The summed E-state index contributed by atoms with van der Waals surface area (Å²) in [4.78, 5) is 12.7. The van der Waals surface area contributed by atoms with Crippen molar-refractivity contribution in [1.82, 2.24) is 20.2 Å². The number of phenolic OH excluding ortho intramolecular Hbond substituents is 1. The summed E-state index contributed by atoms with van der Waals surface area (Å²) in [6.45, 7) is 4.32. The maximum Gasteiger partial charge on any atom is 0.253 e. The van der Waals surface area contributed by atoms with Crippen LogP contribution in [0.3, 0.4) is 0 Å². The smallest absolute Gasteiger partial charge is 0.253 e. The number of carbonyl (C=O) groups excluding carboxylic acids is 1. The van der Waals surface area contributed by atoms with Gasteiger partial charge in [-0.2, -0.15) is 5.10 Å². The Kier molecular flexibility index (Phi) is 8.60.